The molecule has 114 valence electrons. The van der Waals surface area contributed by atoms with E-state index in [2.05, 4.69) is 10.6 Å². The summed E-state index contributed by atoms with van der Waals surface area (Å²) >= 11 is 0. The Labute approximate surface area is 118 Å². The van der Waals surface area contributed by atoms with Crippen LogP contribution in [-0.2, 0) is 9.59 Å². The molecule has 2 unspecified atom stereocenters. The lowest BCUT2D eigenvalue weighted by Gasteiger charge is -2.41. The summed E-state index contributed by atoms with van der Waals surface area (Å²) < 4.78 is 0. The number of nitrogens with zero attached hydrogens (tertiary/aromatic N) is 1. The van der Waals surface area contributed by atoms with E-state index in [-0.39, 0.29) is 23.9 Å². The topological polar surface area (TPSA) is 98.7 Å². The number of carbonyl (C=O) groups excluding carboxylic acids is 2. The van der Waals surface area contributed by atoms with E-state index in [1.807, 2.05) is 13.8 Å². The number of carboxylic acids is 1. The Kier molecular flexibility index (Phi) is 5.35. The first-order valence-corrected chi connectivity index (χ1v) is 6.81. The summed E-state index contributed by atoms with van der Waals surface area (Å²) in [5.41, 5.74) is 0. The van der Waals surface area contributed by atoms with Crippen molar-refractivity contribution in [3.63, 3.8) is 0 Å². The van der Waals surface area contributed by atoms with Gasteiger partial charge in [0.15, 0.2) is 0 Å². The molecule has 7 nitrogen and oxygen atoms in total. The third kappa shape index (κ3) is 4.11. The number of amides is 3. The van der Waals surface area contributed by atoms with Crippen LogP contribution in [0.4, 0.5) is 4.79 Å². The third-order valence-corrected chi connectivity index (χ3v) is 3.46. The van der Waals surface area contributed by atoms with E-state index in [0.29, 0.717) is 13.1 Å². The molecular formula is C13H23N3O4. The first kappa shape index (κ1) is 16.3. The van der Waals surface area contributed by atoms with E-state index in [4.69, 9.17) is 5.11 Å². The second-order valence-corrected chi connectivity index (χ2v) is 5.63. The molecule has 0 aromatic rings. The molecule has 1 aliphatic heterocycles. The molecule has 0 aromatic carbocycles. The highest BCUT2D eigenvalue weighted by Crippen LogP contribution is 2.23. The Balaban J connectivity index is 2.35. The molecule has 7 heteroatoms. The summed E-state index contributed by atoms with van der Waals surface area (Å²) in [6.45, 7) is 7.78. The van der Waals surface area contributed by atoms with Crippen molar-refractivity contribution in [2.45, 2.75) is 39.8 Å². The molecule has 0 aliphatic carbocycles. The fourth-order valence-electron chi connectivity index (χ4n) is 1.95. The number of hydrogen-bond acceptors (Lipinski definition) is 3. The van der Waals surface area contributed by atoms with E-state index in [1.165, 1.54) is 4.90 Å². The van der Waals surface area contributed by atoms with Gasteiger partial charge in [-0.3, -0.25) is 9.59 Å². The van der Waals surface area contributed by atoms with Gasteiger partial charge in [-0.2, -0.15) is 0 Å². The Bertz CT molecular complexity index is 391. The van der Waals surface area contributed by atoms with E-state index < -0.39 is 17.9 Å². The van der Waals surface area contributed by atoms with Gasteiger partial charge in [0.2, 0.25) is 5.91 Å². The van der Waals surface area contributed by atoms with Gasteiger partial charge in [-0.15, -0.1) is 0 Å². The maximum atomic E-state index is 11.9. The summed E-state index contributed by atoms with van der Waals surface area (Å²) in [5, 5.41) is 14.2. The number of aliphatic carboxylic acids is 1. The molecule has 3 amide bonds. The van der Waals surface area contributed by atoms with Crippen molar-refractivity contribution in [2.75, 3.05) is 13.1 Å². The minimum Gasteiger partial charge on any atom is -0.481 e. The average molecular weight is 285 g/mol. The summed E-state index contributed by atoms with van der Waals surface area (Å²) in [6.07, 6.45) is 0. The van der Waals surface area contributed by atoms with Gasteiger partial charge in [0.25, 0.3) is 0 Å². The van der Waals surface area contributed by atoms with Crippen LogP contribution in [0.1, 0.15) is 27.7 Å². The Morgan fingerprint density at radius 1 is 1.10 bits per heavy atom. The van der Waals surface area contributed by atoms with Crippen molar-refractivity contribution in [2.24, 2.45) is 11.8 Å². The highest BCUT2D eigenvalue weighted by Gasteiger charge is 2.37. The summed E-state index contributed by atoms with van der Waals surface area (Å²) in [5.74, 6) is -1.55. The van der Waals surface area contributed by atoms with E-state index in [0.717, 1.165) is 0 Å². The smallest absolute Gasteiger partial charge is 0.318 e. The van der Waals surface area contributed by atoms with Crippen molar-refractivity contribution >= 4 is 17.9 Å². The maximum Gasteiger partial charge on any atom is 0.318 e. The number of carbonyl (C=O) groups is 3. The van der Waals surface area contributed by atoms with Gasteiger partial charge in [-0.1, -0.05) is 6.92 Å². The van der Waals surface area contributed by atoms with E-state index >= 15 is 0 Å². The van der Waals surface area contributed by atoms with Crippen molar-refractivity contribution < 1.29 is 19.5 Å². The van der Waals surface area contributed by atoms with Gasteiger partial charge in [-0.05, 0) is 20.8 Å². The van der Waals surface area contributed by atoms with Crippen LogP contribution >= 0.6 is 0 Å². The molecule has 1 heterocycles. The lowest BCUT2D eigenvalue weighted by molar-refractivity contribution is -0.144. The van der Waals surface area contributed by atoms with Crippen LogP contribution in [0.15, 0.2) is 0 Å². The SMILES string of the molecule is CC(C)NC(=O)C(C)NC(=O)N1CC(C(C)C(=O)O)C1. The van der Waals surface area contributed by atoms with Crippen LogP contribution < -0.4 is 10.6 Å². The first-order chi connectivity index (χ1) is 9.22. The molecule has 3 N–H and O–H groups in total. The maximum absolute atomic E-state index is 11.9. The number of urea groups is 1. The van der Waals surface area contributed by atoms with Crippen LogP contribution in [0.25, 0.3) is 0 Å². The lowest BCUT2D eigenvalue weighted by Crippen LogP contribution is -2.59. The zero-order valence-corrected chi connectivity index (χ0v) is 12.3. The minimum absolute atomic E-state index is 0.0157. The fraction of sp³-hybridized carbons (Fsp3) is 0.769. The molecule has 1 fully saturated rings. The summed E-state index contributed by atoms with van der Waals surface area (Å²) in [6, 6.07) is -0.919. The Hall–Kier alpha value is -1.79. The van der Waals surface area contributed by atoms with Crippen LogP contribution in [0.5, 0.6) is 0 Å². The minimum atomic E-state index is -0.847. The number of rotatable bonds is 5. The highest BCUT2D eigenvalue weighted by atomic mass is 16.4. The van der Waals surface area contributed by atoms with E-state index in [9.17, 15) is 14.4 Å². The second kappa shape index (κ2) is 6.58. The van der Waals surface area contributed by atoms with Crippen molar-refractivity contribution in [1.29, 1.82) is 0 Å². The first-order valence-electron chi connectivity index (χ1n) is 6.81. The Morgan fingerprint density at radius 2 is 1.65 bits per heavy atom. The number of carboxylic acid groups (broad SMARTS) is 1. The van der Waals surface area contributed by atoms with Gasteiger partial charge in [0.05, 0.1) is 5.92 Å². The number of nitrogens with one attached hydrogen (secondary N) is 2. The monoisotopic (exact) mass is 285 g/mol. The standard InChI is InChI=1S/C13H23N3O4/c1-7(2)14-11(17)9(4)15-13(20)16-5-10(6-16)8(3)12(18)19/h7-10H,5-6H2,1-4H3,(H,14,17)(H,15,20)(H,18,19). The summed E-state index contributed by atoms with van der Waals surface area (Å²) in [4.78, 5) is 35.8. The molecular weight excluding hydrogens is 262 g/mol. The van der Waals surface area contributed by atoms with E-state index in [1.54, 1.807) is 13.8 Å². The van der Waals surface area contributed by atoms with Gasteiger partial charge < -0.3 is 20.6 Å². The third-order valence-electron chi connectivity index (χ3n) is 3.46. The molecule has 1 saturated heterocycles. The number of hydrogen-bond donors (Lipinski definition) is 3. The molecule has 0 radical (unpaired) electrons. The fourth-order valence-corrected chi connectivity index (χ4v) is 1.95. The van der Waals surface area contributed by atoms with Gasteiger partial charge in [-0.25, -0.2) is 4.79 Å². The predicted octanol–water partition coefficient (Wildman–Crippen LogP) is 0.262. The zero-order valence-electron chi connectivity index (χ0n) is 12.3. The lowest BCUT2D eigenvalue weighted by atomic mass is 9.87. The molecule has 0 saturated carbocycles. The second-order valence-electron chi connectivity index (χ2n) is 5.63. The largest absolute Gasteiger partial charge is 0.481 e. The quantitative estimate of drug-likeness (QED) is 0.675. The van der Waals surface area contributed by atoms with Crippen LogP contribution in [0.2, 0.25) is 0 Å². The molecule has 2 atom stereocenters. The number of likely N-dealkylation sites (tertiary alicyclic amines) is 1. The molecule has 0 spiro atoms. The predicted molar refractivity (Wildman–Crippen MR) is 73.1 cm³/mol. The molecule has 0 aromatic heterocycles. The van der Waals surface area contributed by atoms with Gasteiger partial charge in [0, 0.05) is 25.0 Å². The van der Waals surface area contributed by atoms with Crippen LogP contribution in [0.3, 0.4) is 0 Å². The van der Waals surface area contributed by atoms with Gasteiger partial charge >= 0.3 is 12.0 Å². The highest BCUT2D eigenvalue weighted by molar-refractivity contribution is 5.87. The van der Waals surface area contributed by atoms with Crippen LogP contribution in [0, 0.1) is 11.8 Å². The van der Waals surface area contributed by atoms with Gasteiger partial charge in [0.1, 0.15) is 6.04 Å². The molecule has 0 bridgehead atoms. The van der Waals surface area contributed by atoms with Crippen LogP contribution in [-0.4, -0.2) is 53.1 Å². The van der Waals surface area contributed by atoms with Crippen molar-refractivity contribution in [3.8, 4) is 0 Å². The zero-order chi connectivity index (χ0) is 15.4. The van der Waals surface area contributed by atoms with Crippen molar-refractivity contribution in [1.82, 2.24) is 15.5 Å². The average Bonchev–Trinajstić information content (AvgIpc) is 2.25. The normalized spacial score (nSPS) is 18.1. The Morgan fingerprint density at radius 3 is 2.10 bits per heavy atom. The molecule has 1 rings (SSSR count). The van der Waals surface area contributed by atoms with Crippen molar-refractivity contribution in [3.05, 3.63) is 0 Å². The molecule has 20 heavy (non-hydrogen) atoms. The molecule has 1 aliphatic rings. The summed E-state index contributed by atoms with van der Waals surface area (Å²) in [7, 11) is 0.